The maximum absolute atomic E-state index is 11.3. The smallest absolute Gasteiger partial charge is 0.266 e. The fraction of sp³-hybridized carbons (Fsp3) is 0.143. The van der Waals surface area contributed by atoms with Gasteiger partial charge in [0.15, 0.2) is 0 Å². The second-order valence-corrected chi connectivity index (χ2v) is 5.08. The molecule has 1 aromatic heterocycles. The lowest BCUT2D eigenvalue weighted by atomic mass is 10.2. The van der Waals surface area contributed by atoms with Crippen LogP contribution < -0.4 is 11.3 Å². The Labute approximate surface area is 116 Å². The highest BCUT2D eigenvalue weighted by Gasteiger charge is 2.04. The second kappa shape index (κ2) is 6.36. The monoisotopic (exact) mass is 273 g/mol. The van der Waals surface area contributed by atoms with Gasteiger partial charge in [0.25, 0.3) is 5.91 Å². The van der Waals surface area contributed by atoms with Crippen LogP contribution in [0.1, 0.15) is 21.6 Å². The highest BCUT2D eigenvalue weighted by Crippen LogP contribution is 2.24. The summed E-state index contributed by atoms with van der Waals surface area (Å²) in [6, 6.07) is 11.8. The van der Waals surface area contributed by atoms with Crippen LogP contribution >= 0.6 is 11.8 Å². The van der Waals surface area contributed by atoms with E-state index in [0.717, 1.165) is 11.4 Å². The van der Waals surface area contributed by atoms with Crippen molar-refractivity contribution >= 4 is 17.7 Å². The third kappa shape index (κ3) is 3.56. The molecule has 3 N–H and O–H groups in total. The van der Waals surface area contributed by atoms with E-state index in [4.69, 9.17) is 5.84 Å². The molecule has 0 saturated heterocycles. The molecule has 0 saturated carbocycles. The van der Waals surface area contributed by atoms with E-state index in [1.807, 2.05) is 18.2 Å². The molecule has 5 heteroatoms. The Morgan fingerprint density at radius 2 is 2.11 bits per heavy atom. The van der Waals surface area contributed by atoms with Crippen LogP contribution in [0, 0.1) is 6.92 Å². The Balaban J connectivity index is 2.01. The van der Waals surface area contributed by atoms with Crippen molar-refractivity contribution in [3.8, 4) is 0 Å². The zero-order chi connectivity index (χ0) is 13.7. The number of pyridine rings is 1. The van der Waals surface area contributed by atoms with Crippen LogP contribution in [0.25, 0.3) is 0 Å². The van der Waals surface area contributed by atoms with Gasteiger partial charge < -0.3 is 0 Å². The van der Waals surface area contributed by atoms with Crippen LogP contribution in [-0.2, 0) is 5.75 Å². The highest BCUT2D eigenvalue weighted by atomic mass is 32.2. The molecular weight excluding hydrogens is 258 g/mol. The summed E-state index contributed by atoms with van der Waals surface area (Å²) in [6.45, 7) is 2.09. The van der Waals surface area contributed by atoms with Crippen LogP contribution in [0.2, 0.25) is 0 Å². The molecule has 0 spiro atoms. The normalized spacial score (nSPS) is 10.2. The first-order chi connectivity index (χ1) is 9.20. The number of carbonyl (C=O) groups is 1. The van der Waals surface area contributed by atoms with Crippen molar-refractivity contribution in [3.05, 3.63) is 59.4 Å². The number of nitrogens with zero attached hydrogens (tertiary/aromatic N) is 1. The molecule has 2 rings (SSSR count). The summed E-state index contributed by atoms with van der Waals surface area (Å²) < 4.78 is 0. The Morgan fingerprint density at radius 3 is 2.74 bits per heavy atom. The zero-order valence-corrected chi connectivity index (χ0v) is 11.4. The van der Waals surface area contributed by atoms with E-state index in [2.05, 4.69) is 29.5 Å². The first-order valence-electron chi connectivity index (χ1n) is 5.85. The number of benzene rings is 1. The average Bonchev–Trinajstić information content (AvgIpc) is 2.46. The predicted octanol–water partition coefficient (Wildman–Crippen LogP) is 2.29. The maximum Gasteiger partial charge on any atom is 0.266 e. The Bertz CT molecular complexity index is 569. The second-order valence-electron chi connectivity index (χ2n) is 4.07. The van der Waals surface area contributed by atoms with Gasteiger partial charge in [-0.2, -0.15) is 0 Å². The topological polar surface area (TPSA) is 68.0 Å². The number of carbonyl (C=O) groups excluding carboxylic acids is 1. The first-order valence-corrected chi connectivity index (χ1v) is 6.83. The molecule has 1 amide bonds. The van der Waals surface area contributed by atoms with Gasteiger partial charge in [0, 0.05) is 16.8 Å². The van der Waals surface area contributed by atoms with Gasteiger partial charge >= 0.3 is 0 Å². The number of nitrogens with one attached hydrogen (secondary N) is 1. The molecule has 0 radical (unpaired) electrons. The molecule has 0 unspecified atom stereocenters. The Kier molecular flexibility index (Phi) is 4.54. The number of hydrogen-bond donors (Lipinski definition) is 2. The molecule has 19 heavy (non-hydrogen) atoms. The van der Waals surface area contributed by atoms with E-state index in [0.29, 0.717) is 5.56 Å². The van der Waals surface area contributed by atoms with Crippen molar-refractivity contribution in [1.82, 2.24) is 10.4 Å². The summed E-state index contributed by atoms with van der Waals surface area (Å²) in [5, 5.41) is 0. The number of hydrazine groups is 1. The van der Waals surface area contributed by atoms with Gasteiger partial charge in [-0.15, -0.1) is 11.8 Å². The maximum atomic E-state index is 11.3. The number of amides is 1. The fourth-order valence-corrected chi connectivity index (χ4v) is 2.54. The molecule has 0 fully saturated rings. The van der Waals surface area contributed by atoms with Gasteiger partial charge in [-0.25, -0.2) is 5.84 Å². The lowest BCUT2D eigenvalue weighted by Crippen LogP contribution is -2.30. The number of rotatable bonds is 4. The predicted molar refractivity (Wildman–Crippen MR) is 76.6 cm³/mol. The summed E-state index contributed by atoms with van der Waals surface area (Å²) >= 11 is 1.73. The summed E-state index contributed by atoms with van der Waals surface area (Å²) in [4.78, 5) is 16.8. The summed E-state index contributed by atoms with van der Waals surface area (Å²) in [7, 11) is 0. The molecule has 0 aliphatic heterocycles. The number of aryl methyl sites for hydroxylation is 1. The Morgan fingerprint density at radius 1 is 1.32 bits per heavy atom. The van der Waals surface area contributed by atoms with Crippen molar-refractivity contribution in [1.29, 1.82) is 0 Å². The van der Waals surface area contributed by atoms with Crippen LogP contribution in [0.4, 0.5) is 0 Å². The van der Waals surface area contributed by atoms with Gasteiger partial charge in [-0.1, -0.05) is 18.2 Å². The molecule has 0 aliphatic carbocycles. The van der Waals surface area contributed by atoms with E-state index in [1.165, 1.54) is 16.7 Å². The number of thioether (sulfide) groups is 1. The minimum absolute atomic E-state index is 0.328. The standard InChI is InChI=1S/C14H15N3OS/c1-10-4-2-3-5-13(10)19-9-12-7-6-11(8-16-12)14(18)17-15/h2-8H,9,15H2,1H3,(H,17,18). The van der Waals surface area contributed by atoms with E-state index in [-0.39, 0.29) is 5.91 Å². The summed E-state index contributed by atoms with van der Waals surface area (Å²) in [6.07, 6.45) is 1.54. The van der Waals surface area contributed by atoms with Crippen LogP contribution in [0.3, 0.4) is 0 Å². The molecule has 98 valence electrons. The molecule has 4 nitrogen and oxygen atoms in total. The summed E-state index contributed by atoms with van der Waals surface area (Å²) in [5.41, 5.74) is 4.74. The third-order valence-electron chi connectivity index (χ3n) is 2.69. The van der Waals surface area contributed by atoms with Crippen molar-refractivity contribution in [2.75, 3.05) is 0 Å². The fourth-order valence-electron chi connectivity index (χ4n) is 1.60. The van der Waals surface area contributed by atoms with Crippen molar-refractivity contribution < 1.29 is 4.79 Å². The van der Waals surface area contributed by atoms with Gasteiger partial charge in [-0.05, 0) is 30.7 Å². The zero-order valence-electron chi connectivity index (χ0n) is 10.6. The molecule has 0 aliphatic rings. The van der Waals surface area contributed by atoms with Crippen molar-refractivity contribution in [3.63, 3.8) is 0 Å². The quantitative estimate of drug-likeness (QED) is 0.388. The molecule has 1 aromatic carbocycles. The molecule has 0 bridgehead atoms. The first kappa shape index (κ1) is 13.6. The van der Waals surface area contributed by atoms with E-state index < -0.39 is 0 Å². The lowest BCUT2D eigenvalue weighted by molar-refractivity contribution is 0.0953. The van der Waals surface area contributed by atoms with Crippen molar-refractivity contribution in [2.45, 2.75) is 17.6 Å². The van der Waals surface area contributed by atoms with Crippen molar-refractivity contribution in [2.24, 2.45) is 5.84 Å². The highest BCUT2D eigenvalue weighted by molar-refractivity contribution is 7.98. The number of nitrogens with two attached hydrogens (primary N) is 1. The number of aromatic nitrogens is 1. The van der Waals surface area contributed by atoms with Gasteiger partial charge in [0.05, 0.1) is 11.3 Å². The SMILES string of the molecule is Cc1ccccc1SCc1ccc(C(=O)NN)cn1. The molecular formula is C14H15N3OS. The average molecular weight is 273 g/mol. The molecule has 1 heterocycles. The third-order valence-corrected chi connectivity index (χ3v) is 3.90. The van der Waals surface area contributed by atoms with Gasteiger partial charge in [-0.3, -0.25) is 15.2 Å². The number of hydrogen-bond acceptors (Lipinski definition) is 4. The minimum atomic E-state index is -0.328. The summed E-state index contributed by atoms with van der Waals surface area (Å²) in [5.74, 6) is 5.51. The largest absolute Gasteiger partial charge is 0.290 e. The number of nitrogen functional groups attached to an aromatic ring is 1. The van der Waals surface area contributed by atoms with E-state index in [1.54, 1.807) is 17.8 Å². The molecule has 2 aromatic rings. The van der Waals surface area contributed by atoms with E-state index in [9.17, 15) is 4.79 Å². The van der Waals surface area contributed by atoms with E-state index >= 15 is 0 Å². The van der Waals surface area contributed by atoms with Gasteiger partial charge in [0.2, 0.25) is 0 Å². The minimum Gasteiger partial charge on any atom is -0.290 e. The van der Waals surface area contributed by atoms with Crippen LogP contribution in [-0.4, -0.2) is 10.9 Å². The van der Waals surface area contributed by atoms with Crippen LogP contribution in [0.15, 0.2) is 47.5 Å². The van der Waals surface area contributed by atoms with Crippen LogP contribution in [0.5, 0.6) is 0 Å². The Hall–Kier alpha value is -1.85. The lowest BCUT2D eigenvalue weighted by Gasteiger charge is -2.05. The van der Waals surface area contributed by atoms with Gasteiger partial charge in [0.1, 0.15) is 0 Å². The molecule has 0 atom stereocenters.